The molecule has 0 unspecified atom stereocenters. The molecule has 0 radical (unpaired) electrons. The van der Waals surface area contributed by atoms with Gasteiger partial charge in [0.2, 0.25) is 0 Å². The fourth-order valence-electron chi connectivity index (χ4n) is 2.04. The van der Waals surface area contributed by atoms with Crippen LogP contribution in [0.15, 0.2) is 23.0 Å². The van der Waals surface area contributed by atoms with Gasteiger partial charge in [0, 0.05) is 5.56 Å². The van der Waals surface area contributed by atoms with Crippen molar-refractivity contribution in [3.05, 3.63) is 50.1 Å². The largest absolute Gasteiger partial charge is 0.493 e. The zero-order valence-electron chi connectivity index (χ0n) is 13.3. The van der Waals surface area contributed by atoms with Gasteiger partial charge in [-0.05, 0) is 30.4 Å². The van der Waals surface area contributed by atoms with Crippen LogP contribution in [0.4, 0.5) is 0 Å². The van der Waals surface area contributed by atoms with Gasteiger partial charge in [-0.25, -0.2) is 0 Å². The summed E-state index contributed by atoms with van der Waals surface area (Å²) in [6.45, 7) is -0.0991. The van der Waals surface area contributed by atoms with Gasteiger partial charge in [-0.1, -0.05) is 12.1 Å². The highest BCUT2D eigenvalue weighted by Crippen LogP contribution is 2.32. The predicted molar refractivity (Wildman–Crippen MR) is 96.3 cm³/mol. The second-order valence-corrected chi connectivity index (χ2v) is 5.24. The number of rotatable bonds is 6. The summed E-state index contributed by atoms with van der Waals surface area (Å²) in [4.78, 5) is 16.9. The van der Waals surface area contributed by atoms with Crippen molar-refractivity contribution >= 4 is 30.2 Å². The van der Waals surface area contributed by atoms with Crippen molar-refractivity contribution in [3.63, 3.8) is 0 Å². The molecule has 0 atom stereocenters. The number of amidine groups is 1. The molecule has 0 aliphatic heterocycles. The van der Waals surface area contributed by atoms with E-state index >= 15 is 0 Å². The minimum atomic E-state index is -0.565. The van der Waals surface area contributed by atoms with Crippen LogP contribution in [0, 0.1) is 21.5 Å². The fourth-order valence-corrected chi connectivity index (χ4v) is 2.24. The summed E-state index contributed by atoms with van der Waals surface area (Å²) < 4.78 is 10.9. The average molecular weight is 357 g/mol. The van der Waals surface area contributed by atoms with E-state index in [1.807, 2.05) is 6.07 Å². The number of aromatic amines is 2. The second-order valence-electron chi connectivity index (χ2n) is 4.83. The predicted octanol–water partition coefficient (Wildman–Crippen LogP) is 1.80. The maximum Gasteiger partial charge on any atom is 0.270 e. The smallest absolute Gasteiger partial charge is 0.270 e. The lowest BCUT2D eigenvalue weighted by molar-refractivity contribution is 0.333. The Balaban J connectivity index is 2.49. The van der Waals surface area contributed by atoms with Gasteiger partial charge in [-0.2, -0.15) is 5.26 Å². The maximum atomic E-state index is 11.8. The molecule has 0 fully saturated rings. The first kappa shape index (κ1) is 18.0. The number of nitrogens with two attached hydrogens (primary N) is 1. The van der Waals surface area contributed by atoms with Gasteiger partial charge in [-0.15, -0.1) is 0 Å². The maximum absolute atomic E-state index is 11.8. The van der Waals surface area contributed by atoms with Gasteiger partial charge in [0.15, 0.2) is 16.3 Å². The summed E-state index contributed by atoms with van der Waals surface area (Å²) in [5, 5.41) is 16.4. The zero-order valence-corrected chi connectivity index (χ0v) is 14.1. The first-order chi connectivity index (χ1) is 12.0. The number of ether oxygens (including phenoxy) is 2. The molecule has 1 heterocycles. The van der Waals surface area contributed by atoms with Crippen LogP contribution in [-0.4, -0.2) is 29.5 Å². The first-order valence-electron chi connectivity index (χ1n) is 7.03. The number of hydrogen-bond acceptors (Lipinski definition) is 6. The van der Waals surface area contributed by atoms with Crippen LogP contribution in [0.5, 0.6) is 11.5 Å². The Labute approximate surface area is 148 Å². The summed E-state index contributed by atoms with van der Waals surface area (Å²) in [5.41, 5.74) is 5.57. The molecule has 9 heteroatoms. The van der Waals surface area contributed by atoms with Crippen LogP contribution in [0.25, 0.3) is 12.2 Å². The number of para-hydroxylation sites is 1. The molecule has 0 amide bonds. The molecule has 1 aromatic carbocycles. The fraction of sp³-hybridized carbons (Fsp3) is 0.125. The van der Waals surface area contributed by atoms with E-state index in [-0.39, 0.29) is 28.5 Å². The normalized spacial score (nSPS) is 10.4. The number of benzene rings is 1. The lowest BCUT2D eigenvalue weighted by atomic mass is 10.1. The number of methoxy groups -OCH3 is 1. The van der Waals surface area contributed by atoms with E-state index in [0.717, 1.165) is 0 Å². The van der Waals surface area contributed by atoms with Gasteiger partial charge in [0.1, 0.15) is 24.1 Å². The molecule has 5 N–H and O–H groups in total. The molecular weight excluding hydrogens is 342 g/mol. The van der Waals surface area contributed by atoms with E-state index in [2.05, 4.69) is 9.97 Å². The third kappa shape index (κ3) is 4.33. The number of hydrogen-bond donors (Lipinski definition) is 4. The Morgan fingerprint density at radius 2 is 2.20 bits per heavy atom. The molecule has 25 heavy (non-hydrogen) atoms. The second kappa shape index (κ2) is 7.94. The van der Waals surface area contributed by atoms with Gasteiger partial charge in [0.25, 0.3) is 5.56 Å². The monoisotopic (exact) mass is 357 g/mol. The van der Waals surface area contributed by atoms with Crippen LogP contribution in [0.2, 0.25) is 0 Å². The Hall–Kier alpha value is -3.38. The number of nitrogens with one attached hydrogen (secondary N) is 3. The third-order valence-corrected chi connectivity index (χ3v) is 3.32. The molecule has 0 saturated carbocycles. The van der Waals surface area contributed by atoms with Gasteiger partial charge in [-0.3, -0.25) is 15.2 Å². The number of nitriles is 1. The topological polar surface area (TPSA) is 141 Å². The van der Waals surface area contributed by atoms with E-state index in [1.165, 1.54) is 7.11 Å². The number of H-pyrrole nitrogens is 2. The Morgan fingerprint density at radius 3 is 2.84 bits per heavy atom. The lowest BCUT2D eigenvalue weighted by Crippen LogP contribution is -2.19. The summed E-state index contributed by atoms with van der Waals surface area (Å²) in [5.74, 6) is 0.715. The van der Waals surface area contributed by atoms with E-state index in [4.69, 9.17) is 38.1 Å². The van der Waals surface area contributed by atoms with Crippen LogP contribution in [0.3, 0.4) is 0 Å². The van der Waals surface area contributed by atoms with Crippen LogP contribution >= 0.6 is 12.2 Å². The summed E-state index contributed by atoms with van der Waals surface area (Å²) in [6.07, 6.45) is 3.18. The van der Waals surface area contributed by atoms with Crippen molar-refractivity contribution in [2.24, 2.45) is 5.73 Å². The molecule has 0 saturated heterocycles. The highest BCUT2D eigenvalue weighted by Gasteiger charge is 2.10. The van der Waals surface area contributed by atoms with Crippen LogP contribution < -0.4 is 20.8 Å². The van der Waals surface area contributed by atoms with Crippen molar-refractivity contribution < 1.29 is 9.47 Å². The van der Waals surface area contributed by atoms with Crippen molar-refractivity contribution in [1.29, 1.82) is 10.7 Å². The minimum absolute atomic E-state index is 0.0843. The molecule has 0 spiro atoms. The zero-order chi connectivity index (χ0) is 18.4. The number of nitrogens with zero attached hydrogens (tertiary/aromatic N) is 1. The van der Waals surface area contributed by atoms with E-state index < -0.39 is 5.56 Å². The Kier molecular flexibility index (Phi) is 5.71. The molecule has 128 valence electrons. The molecular formula is C16H15N5O3S. The van der Waals surface area contributed by atoms with Crippen molar-refractivity contribution in [1.82, 2.24) is 9.97 Å². The van der Waals surface area contributed by atoms with E-state index in [9.17, 15) is 4.79 Å². The Morgan fingerprint density at radius 1 is 1.44 bits per heavy atom. The molecule has 2 rings (SSSR count). The molecule has 1 aromatic heterocycles. The van der Waals surface area contributed by atoms with Gasteiger partial charge >= 0.3 is 0 Å². The summed E-state index contributed by atoms with van der Waals surface area (Å²) >= 11 is 4.92. The molecule has 0 bridgehead atoms. The van der Waals surface area contributed by atoms with Crippen molar-refractivity contribution in [2.75, 3.05) is 13.7 Å². The summed E-state index contributed by atoms with van der Waals surface area (Å²) in [6, 6.07) is 7.04. The van der Waals surface area contributed by atoms with Gasteiger partial charge < -0.3 is 20.2 Å². The number of aromatic nitrogens is 2. The van der Waals surface area contributed by atoms with E-state index in [1.54, 1.807) is 30.4 Å². The van der Waals surface area contributed by atoms with Crippen molar-refractivity contribution in [3.8, 4) is 17.6 Å². The molecule has 0 aliphatic carbocycles. The summed E-state index contributed by atoms with van der Waals surface area (Å²) in [7, 11) is 1.49. The molecule has 8 nitrogen and oxygen atoms in total. The lowest BCUT2D eigenvalue weighted by Gasteiger charge is -2.12. The first-order valence-corrected chi connectivity index (χ1v) is 7.44. The molecule has 2 aromatic rings. The third-order valence-electron chi connectivity index (χ3n) is 3.11. The van der Waals surface area contributed by atoms with Crippen molar-refractivity contribution in [2.45, 2.75) is 0 Å². The van der Waals surface area contributed by atoms with Crippen LogP contribution in [0.1, 0.15) is 16.8 Å². The SMILES string of the molecule is COc1cccc(/C=C/c2[nH]c(=S)[nH]c(=O)c2C#N)c1OCC(=N)N. The highest BCUT2D eigenvalue weighted by molar-refractivity contribution is 7.71. The van der Waals surface area contributed by atoms with E-state index in [0.29, 0.717) is 17.1 Å². The Bertz CT molecular complexity index is 984. The van der Waals surface area contributed by atoms with Crippen LogP contribution in [-0.2, 0) is 0 Å². The average Bonchev–Trinajstić information content (AvgIpc) is 2.57. The highest BCUT2D eigenvalue weighted by atomic mass is 32.1. The minimum Gasteiger partial charge on any atom is -0.493 e. The van der Waals surface area contributed by atoms with Gasteiger partial charge in [0.05, 0.1) is 12.8 Å². The standard InChI is InChI=1S/C16H15N5O3S/c1-23-12-4-2-3-9(14(12)24-8-13(18)19)5-6-11-10(7-17)15(22)21-16(25)20-11/h2-6H,8H2,1H3,(H3,18,19)(H2,20,21,22,25)/b6-5+. The quantitative estimate of drug-likeness (QED) is 0.353. The molecule has 0 aliphatic rings.